The predicted octanol–water partition coefficient (Wildman–Crippen LogP) is 2.42. The molecule has 1 aromatic carbocycles. The summed E-state index contributed by atoms with van der Waals surface area (Å²) in [7, 11) is 1.66. The maximum absolute atomic E-state index is 13.2. The summed E-state index contributed by atoms with van der Waals surface area (Å²) in [5.74, 6) is 1.96. The molecule has 1 atom stereocenters. The zero-order valence-corrected chi connectivity index (χ0v) is 15.3. The first-order valence-electron chi connectivity index (χ1n) is 9.07. The average Bonchev–Trinajstić information content (AvgIpc) is 3.22. The summed E-state index contributed by atoms with van der Waals surface area (Å²) in [4.78, 5) is 17.3. The molecule has 0 bridgehead atoms. The zero-order chi connectivity index (χ0) is 18.1. The monoisotopic (exact) mass is 352 g/mol. The second-order valence-corrected chi connectivity index (χ2v) is 7.31. The summed E-state index contributed by atoms with van der Waals surface area (Å²) in [6, 6.07) is 11.9. The highest BCUT2D eigenvalue weighted by atomic mass is 16.5. The van der Waals surface area contributed by atoms with E-state index in [4.69, 9.17) is 4.74 Å². The van der Waals surface area contributed by atoms with Gasteiger partial charge in [0.15, 0.2) is 5.82 Å². The quantitative estimate of drug-likeness (QED) is 0.846. The van der Waals surface area contributed by atoms with Gasteiger partial charge in [-0.2, -0.15) is 5.10 Å². The van der Waals surface area contributed by atoms with Crippen molar-refractivity contribution in [2.75, 3.05) is 31.6 Å². The van der Waals surface area contributed by atoms with Crippen molar-refractivity contribution in [2.24, 2.45) is 5.41 Å². The molecule has 6 heteroatoms. The molecule has 26 heavy (non-hydrogen) atoms. The summed E-state index contributed by atoms with van der Waals surface area (Å²) in [6.45, 7) is 4.97. The molecule has 2 aromatic rings. The molecule has 2 fully saturated rings. The fourth-order valence-corrected chi connectivity index (χ4v) is 4.04. The van der Waals surface area contributed by atoms with Crippen molar-refractivity contribution in [3.05, 3.63) is 47.7 Å². The molecule has 0 saturated carbocycles. The molecule has 1 aromatic heterocycles. The second kappa shape index (κ2) is 6.59. The van der Waals surface area contributed by atoms with E-state index in [2.05, 4.69) is 15.1 Å². The topological polar surface area (TPSA) is 58.6 Å². The first kappa shape index (κ1) is 16.8. The van der Waals surface area contributed by atoms with E-state index in [9.17, 15) is 4.79 Å². The number of rotatable bonds is 4. The molecule has 136 valence electrons. The van der Waals surface area contributed by atoms with Gasteiger partial charge in [-0.25, -0.2) is 0 Å². The molecule has 1 amide bonds. The number of hydrogen-bond donors (Lipinski definition) is 0. The minimum absolute atomic E-state index is 0.267. The highest BCUT2D eigenvalue weighted by molar-refractivity contribution is 5.86. The smallest absolute Gasteiger partial charge is 0.231 e. The first-order valence-corrected chi connectivity index (χ1v) is 9.07. The molecule has 6 nitrogen and oxygen atoms in total. The summed E-state index contributed by atoms with van der Waals surface area (Å²) >= 11 is 0. The maximum Gasteiger partial charge on any atom is 0.231 e. The van der Waals surface area contributed by atoms with Gasteiger partial charge in [-0.15, -0.1) is 5.10 Å². The van der Waals surface area contributed by atoms with Crippen LogP contribution in [-0.4, -0.2) is 47.7 Å². The number of carbonyl (C=O) groups excluding carboxylic acids is 1. The summed E-state index contributed by atoms with van der Waals surface area (Å²) in [6.07, 6.45) is 1.79. The summed E-state index contributed by atoms with van der Waals surface area (Å²) < 4.78 is 5.29. The number of hydrogen-bond acceptors (Lipinski definition) is 5. The lowest BCUT2D eigenvalue weighted by molar-refractivity contribution is -0.135. The van der Waals surface area contributed by atoms with Crippen molar-refractivity contribution in [3.63, 3.8) is 0 Å². The number of methoxy groups -OCH3 is 1. The van der Waals surface area contributed by atoms with Crippen molar-refractivity contribution >= 4 is 11.7 Å². The van der Waals surface area contributed by atoms with Crippen LogP contribution in [0.15, 0.2) is 36.4 Å². The SMILES string of the molecule is COc1cccc(CN2CCC3(CCN(c4ccc(C)nn4)C3)C2=O)c1. The van der Waals surface area contributed by atoms with E-state index in [-0.39, 0.29) is 11.3 Å². The molecule has 2 aliphatic rings. The Labute approximate surface area is 153 Å². The minimum Gasteiger partial charge on any atom is -0.497 e. The lowest BCUT2D eigenvalue weighted by atomic mass is 9.85. The Kier molecular flexibility index (Phi) is 4.26. The Balaban J connectivity index is 1.46. The highest BCUT2D eigenvalue weighted by Crippen LogP contribution is 2.42. The fourth-order valence-electron chi connectivity index (χ4n) is 4.04. The van der Waals surface area contributed by atoms with Crippen LogP contribution in [0.25, 0.3) is 0 Å². The highest BCUT2D eigenvalue weighted by Gasteiger charge is 2.50. The van der Waals surface area contributed by atoms with Gasteiger partial charge in [-0.1, -0.05) is 12.1 Å². The van der Waals surface area contributed by atoms with Crippen LogP contribution in [0.1, 0.15) is 24.1 Å². The van der Waals surface area contributed by atoms with Gasteiger partial charge < -0.3 is 14.5 Å². The van der Waals surface area contributed by atoms with Crippen LogP contribution in [-0.2, 0) is 11.3 Å². The number of benzene rings is 1. The number of likely N-dealkylation sites (tertiary alicyclic amines) is 1. The number of anilines is 1. The molecule has 1 unspecified atom stereocenters. The second-order valence-electron chi connectivity index (χ2n) is 7.31. The van der Waals surface area contributed by atoms with Crippen LogP contribution < -0.4 is 9.64 Å². The lowest BCUT2D eigenvalue weighted by Gasteiger charge is -2.24. The van der Waals surface area contributed by atoms with Crippen LogP contribution in [0.3, 0.4) is 0 Å². The average molecular weight is 352 g/mol. The molecule has 2 aliphatic heterocycles. The lowest BCUT2D eigenvalue weighted by Crippen LogP contribution is -2.36. The van der Waals surface area contributed by atoms with Gasteiger partial charge in [0.1, 0.15) is 5.75 Å². The number of ether oxygens (including phenoxy) is 1. The van der Waals surface area contributed by atoms with Gasteiger partial charge in [0.2, 0.25) is 5.91 Å². The van der Waals surface area contributed by atoms with Crippen LogP contribution >= 0.6 is 0 Å². The van der Waals surface area contributed by atoms with Gasteiger partial charge in [-0.3, -0.25) is 4.79 Å². The Hall–Kier alpha value is -2.63. The molecule has 3 heterocycles. The summed E-state index contributed by atoms with van der Waals surface area (Å²) in [5, 5.41) is 8.43. The van der Waals surface area contributed by atoms with Crippen molar-refractivity contribution in [1.82, 2.24) is 15.1 Å². The van der Waals surface area contributed by atoms with E-state index in [1.807, 2.05) is 48.2 Å². The fraction of sp³-hybridized carbons (Fsp3) is 0.450. The predicted molar refractivity (Wildman–Crippen MR) is 99.1 cm³/mol. The van der Waals surface area contributed by atoms with E-state index in [1.165, 1.54) is 0 Å². The van der Waals surface area contributed by atoms with Crippen LogP contribution in [0.5, 0.6) is 5.75 Å². The van der Waals surface area contributed by atoms with Crippen molar-refractivity contribution < 1.29 is 9.53 Å². The molecule has 1 spiro atoms. The largest absolute Gasteiger partial charge is 0.497 e. The van der Waals surface area contributed by atoms with Gasteiger partial charge in [0.25, 0.3) is 0 Å². The third-order valence-corrected chi connectivity index (χ3v) is 5.57. The van der Waals surface area contributed by atoms with E-state index in [0.717, 1.165) is 55.3 Å². The van der Waals surface area contributed by atoms with E-state index in [0.29, 0.717) is 6.54 Å². The van der Waals surface area contributed by atoms with Gasteiger partial charge in [0, 0.05) is 26.2 Å². The number of aryl methyl sites for hydroxylation is 1. The summed E-state index contributed by atoms with van der Waals surface area (Å²) in [5.41, 5.74) is 1.74. The normalized spacial score (nSPS) is 22.5. The molecule has 0 aliphatic carbocycles. The van der Waals surface area contributed by atoms with Gasteiger partial charge >= 0.3 is 0 Å². The molecular formula is C20H24N4O2. The number of aromatic nitrogens is 2. The number of amides is 1. The Morgan fingerprint density at radius 3 is 2.77 bits per heavy atom. The van der Waals surface area contributed by atoms with Gasteiger partial charge in [-0.05, 0) is 49.6 Å². The third kappa shape index (κ3) is 3.00. The first-order chi connectivity index (χ1) is 12.6. The van der Waals surface area contributed by atoms with Crippen LogP contribution in [0, 0.1) is 12.3 Å². The van der Waals surface area contributed by atoms with Crippen molar-refractivity contribution in [2.45, 2.75) is 26.3 Å². The molecule has 4 rings (SSSR count). The molecular weight excluding hydrogens is 328 g/mol. The van der Waals surface area contributed by atoms with Crippen molar-refractivity contribution in [1.29, 1.82) is 0 Å². The van der Waals surface area contributed by atoms with E-state index in [1.54, 1.807) is 7.11 Å². The Bertz CT molecular complexity index is 808. The molecule has 2 saturated heterocycles. The molecule has 0 N–H and O–H groups in total. The number of nitrogens with zero attached hydrogens (tertiary/aromatic N) is 4. The van der Waals surface area contributed by atoms with Gasteiger partial charge in [0.05, 0.1) is 18.2 Å². The van der Waals surface area contributed by atoms with Crippen LogP contribution in [0.4, 0.5) is 5.82 Å². The maximum atomic E-state index is 13.2. The third-order valence-electron chi connectivity index (χ3n) is 5.57. The van der Waals surface area contributed by atoms with Crippen LogP contribution in [0.2, 0.25) is 0 Å². The van der Waals surface area contributed by atoms with Crippen molar-refractivity contribution in [3.8, 4) is 5.75 Å². The minimum atomic E-state index is -0.272. The Morgan fingerprint density at radius 2 is 2.00 bits per heavy atom. The number of carbonyl (C=O) groups is 1. The zero-order valence-electron chi connectivity index (χ0n) is 15.3. The van der Waals surface area contributed by atoms with E-state index < -0.39 is 0 Å². The Morgan fingerprint density at radius 1 is 1.15 bits per heavy atom. The molecule has 0 radical (unpaired) electrons. The van der Waals surface area contributed by atoms with E-state index >= 15 is 0 Å². The standard InChI is InChI=1S/C20H24N4O2/c1-15-6-7-18(22-21-15)24-11-9-20(14-24)8-10-23(19(20)25)13-16-4-3-5-17(12-16)26-2/h3-7,12H,8-11,13-14H2,1-2H3.